The van der Waals surface area contributed by atoms with Gasteiger partial charge in [-0.3, -0.25) is 0 Å². The maximum Gasteiger partial charge on any atom is 0.160 e. The summed E-state index contributed by atoms with van der Waals surface area (Å²) in [6.45, 7) is 7.07. The topological polar surface area (TPSA) is 30.7 Å². The number of imidazole rings is 1. The summed E-state index contributed by atoms with van der Waals surface area (Å²) >= 11 is 3.63. The predicted octanol–water partition coefficient (Wildman–Crippen LogP) is 4.42. The molecule has 0 aliphatic rings. The zero-order chi connectivity index (χ0) is 15.0. The number of pyridine rings is 1. The Morgan fingerprint density at radius 2 is 1.90 bits per heavy atom. The highest BCUT2D eigenvalue weighted by atomic mass is 79.9. The summed E-state index contributed by atoms with van der Waals surface area (Å²) in [5.41, 5.74) is 5.48. The molecule has 3 nitrogen and oxygen atoms in total. The molecule has 0 atom stereocenters. The third-order valence-electron chi connectivity index (χ3n) is 3.70. The number of nitrogens with zero attached hydrogens (tertiary/aromatic N) is 3. The van der Waals surface area contributed by atoms with E-state index in [2.05, 4.69) is 58.6 Å². The first-order valence-electron chi connectivity index (χ1n) is 7.17. The number of aromatic nitrogens is 3. The van der Waals surface area contributed by atoms with E-state index in [-0.39, 0.29) is 0 Å². The van der Waals surface area contributed by atoms with Crippen LogP contribution in [-0.2, 0) is 13.0 Å². The van der Waals surface area contributed by atoms with Gasteiger partial charge in [0.05, 0.1) is 6.54 Å². The van der Waals surface area contributed by atoms with Crippen LogP contribution in [0.25, 0.3) is 11.2 Å². The minimum Gasteiger partial charge on any atom is -0.308 e. The van der Waals surface area contributed by atoms with E-state index in [0.717, 1.165) is 40.1 Å². The van der Waals surface area contributed by atoms with Crippen LogP contribution < -0.4 is 0 Å². The van der Waals surface area contributed by atoms with Crippen LogP contribution in [0.5, 0.6) is 0 Å². The fourth-order valence-electron chi connectivity index (χ4n) is 2.68. The largest absolute Gasteiger partial charge is 0.308 e. The lowest BCUT2D eigenvalue weighted by molar-refractivity contribution is 0.743. The minimum atomic E-state index is 0.789. The summed E-state index contributed by atoms with van der Waals surface area (Å²) in [5.74, 6) is 1.09. The van der Waals surface area contributed by atoms with Crippen molar-refractivity contribution in [3.63, 3.8) is 0 Å². The monoisotopic (exact) mass is 343 g/mol. The maximum absolute atomic E-state index is 4.78. The van der Waals surface area contributed by atoms with Crippen LogP contribution in [0.15, 0.2) is 34.8 Å². The van der Waals surface area contributed by atoms with E-state index in [1.807, 2.05) is 13.0 Å². The molecule has 0 radical (unpaired) electrons. The average molecular weight is 344 g/mol. The van der Waals surface area contributed by atoms with E-state index in [4.69, 9.17) is 9.97 Å². The summed E-state index contributed by atoms with van der Waals surface area (Å²) in [4.78, 5) is 9.50. The minimum absolute atomic E-state index is 0.789. The van der Waals surface area contributed by atoms with Gasteiger partial charge >= 0.3 is 0 Å². The van der Waals surface area contributed by atoms with Gasteiger partial charge in [-0.05, 0) is 37.1 Å². The first-order chi connectivity index (χ1) is 10.1. The Kier molecular flexibility index (Phi) is 3.81. The molecule has 0 spiro atoms. The van der Waals surface area contributed by atoms with Crippen LogP contribution in [-0.4, -0.2) is 14.5 Å². The van der Waals surface area contributed by atoms with Gasteiger partial charge in [0.25, 0.3) is 0 Å². The van der Waals surface area contributed by atoms with Crippen LogP contribution >= 0.6 is 15.9 Å². The molecular formula is C17H18BrN3. The van der Waals surface area contributed by atoms with E-state index in [1.54, 1.807) is 0 Å². The Morgan fingerprint density at radius 3 is 2.62 bits per heavy atom. The molecular weight excluding hydrogens is 326 g/mol. The number of halogens is 1. The molecule has 0 saturated carbocycles. The molecule has 0 fully saturated rings. The van der Waals surface area contributed by atoms with Crippen LogP contribution in [0.2, 0.25) is 0 Å². The SMILES string of the molecule is CCc1nc2c(C)cc(C)nc2n1Cc1ccccc1Br. The van der Waals surface area contributed by atoms with Crippen molar-refractivity contribution in [3.05, 3.63) is 57.4 Å². The van der Waals surface area contributed by atoms with Crippen molar-refractivity contribution in [3.8, 4) is 0 Å². The smallest absolute Gasteiger partial charge is 0.160 e. The van der Waals surface area contributed by atoms with Gasteiger partial charge in [-0.2, -0.15) is 0 Å². The lowest BCUT2D eigenvalue weighted by atomic mass is 10.2. The predicted molar refractivity (Wildman–Crippen MR) is 89.6 cm³/mol. The van der Waals surface area contributed by atoms with Gasteiger partial charge in [-0.15, -0.1) is 0 Å². The summed E-state index contributed by atoms with van der Waals surface area (Å²) in [5, 5.41) is 0. The van der Waals surface area contributed by atoms with Gasteiger partial charge in [0.1, 0.15) is 11.3 Å². The standard InChI is InChI=1S/C17H18BrN3/c1-4-15-20-16-11(2)9-12(3)19-17(16)21(15)10-13-7-5-6-8-14(13)18/h5-9H,4,10H2,1-3H3. The normalized spacial score (nSPS) is 11.2. The summed E-state index contributed by atoms with van der Waals surface area (Å²) in [7, 11) is 0. The van der Waals surface area contributed by atoms with Crippen molar-refractivity contribution in [2.75, 3.05) is 0 Å². The molecule has 108 valence electrons. The fourth-order valence-corrected chi connectivity index (χ4v) is 3.09. The quantitative estimate of drug-likeness (QED) is 0.704. The van der Waals surface area contributed by atoms with Gasteiger partial charge in [-0.1, -0.05) is 41.1 Å². The summed E-state index contributed by atoms with van der Waals surface area (Å²) in [6.07, 6.45) is 0.902. The molecule has 0 N–H and O–H groups in total. The summed E-state index contributed by atoms with van der Waals surface area (Å²) < 4.78 is 3.35. The second kappa shape index (κ2) is 5.60. The number of benzene rings is 1. The fraction of sp³-hybridized carbons (Fsp3) is 0.294. The molecule has 2 aromatic heterocycles. The second-order valence-corrected chi connectivity index (χ2v) is 6.17. The van der Waals surface area contributed by atoms with Crippen molar-refractivity contribution in [2.45, 2.75) is 33.7 Å². The van der Waals surface area contributed by atoms with Crippen molar-refractivity contribution in [1.82, 2.24) is 14.5 Å². The average Bonchev–Trinajstić information content (AvgIpc) is 2.80. The Balaban J connectivity index is 2.19. The lowest BCUT2D eigenvalue weighted by Gasteiger charge is -2.10. The zero-order valence-corrected chi connectivity index (χ0v) is 14.1. The van der Waals surface area contributed by atoms with Crippen LogP contribution in [0.4, 0.5) is 0 Å². The Bertz CT molecular complexity index is 805. The van der Waals surface area contributed by atoms with Crippen molar-refractivity contribution in [1.29, 1.82) is 0 Å². The molecule has 4 heteroatoms. The third kappa shape index (κ3) is 2.60. The highest BCUT2D eigenvalue weighted by Crippen LogP contribution is 2.23. The number of rotatable bonds is 3. The number of hydrogen-bond acceptors (Lipinski definition) is 2. The van der Waals surface area contributed by atoms with E-state index in [1.165, 1.54) is 11.1 Å². The molecule has 0 unspecified atom stereocenters. The molecule has 1 aromatic carbocycles. The van der Waals surface area contributed by atoms with E-state index < -0.39 is 0 Å². The van der Waals surface area contributed by atoms with Gasteiger partial charge in [0.15, 0.2) is 5.65 Å². The highest BCUT2D eigenvalue weighted by molar-refractivity contribution is 9.10. The van der Waals surface area contributed by atoms with Crippen LogP contribution in [0.1, 0.15) is 29.6 Å². The van der Waals surface area contributed by atoms with Crippen molar-refractivity contribution >= 4 is 27.1 Å². The first-order valence-corrected chi connectivity index (χ1v) is 7.96. The van der Waals surface area contributed by atoms with Gasteiger partial charge in [0.2, 0.25) is 0 Å². The first kappa shape index (κ1) is 14.3. The Hall–Kier alpha value is -1.68. The second-order valence-electron chi connectivity index (χ2n) is 5.31. The molecule has 2 heterocycles. The Morgan fingerprint density at radius 1 is 1.14 bits per heavy atom. The van der Waals surface area contributed by atoms with Crippen LogP contribution in [0, 0.1) is 13.8 Å². The van der Waals surface area contributed by atoms with E-state index in [0.29, 0.717) is 0 Å². The molecule has 0 saturated heterocycles. The van der Waals surface area contributed by atoms with E-state index >= 15 is 0 Å². The van der Waals surface area contributed by atoms with Gasteiger partial charge in [-0.25, -0.2) is 9.97 Å². The maximum atomic E-state index is 4.78. The van der Waals surface area contributed by atoms with Crippen LogP contribution in [0.3, 0.4) is 0 Å². The highest BCUT2D eigenvalue weighted by Gasteiger charge is 2.14. The molecule has 0 amide bonds. The molecule has 0 aliphatic heterocycles. The van der Waals surface area contributed by atoms with E-state index in [9.17, 15) is 0 Å². The third-order valence-corrected chi connectivity index (χ3v) is 4.48. The van der Waals surface area contributed by atoms with Gasteiger partial charge < -0.3 is 4.57 Å². The molecule has 0 aliphatic carbocycles. The molecule has 21 heavy (non-hydrogen) atoms. The van der Waals surface area contributed by atoms with Gasteiger partial charge in [0, 0.05) is 16.6 Å². The molecule has 3 aromatic rings. The number of fused-ring (bicyclic) bond motifs is 1. The van der Waals surface area contributed by atoms with Crippen molar-refractivity contribution < 1.29 is 0 Å². The Labute approximate surface area is 133 Å². The number of hydrogen-bond donors (Lipinski definition) is 0. The lowest BCUT2D eigenvalue weighted by Crippen LogP contribution is -2.06. The molecule has 0 bridgehead atoms. The van der Waals surface area contributed by atoms with Crippen molar-refractivity contribution in [2.24, 2.45) is 0 Å². The number of aryl methyl sites for hydroxylation is 3. The molecule has 3 rings (SSSR count). The zero-order valence-electron chi connectivity index (χ0n) is 12.5. The summed E-state index contributed by atoms with van der Waals surface area (Å²) in [6, 6.07) is 10.4.